The maximum Gasteiger partial charge on any atom is 0.292 e. The summed E-state index contributed by atoms with van der Waals surface area (Å²) in [6.45, 7) is 2.67. The molecule has 0 atom stereocenters. The standard InChI is InChI=1S/C20H26N6O4/c1-29-15-11-14(30-24-15)18(28)25-9-6-20(7-10-25)5-2-8-26-16(22-23-19(20)26)17(27)21-12-13-3-4-13/h11,13H,2-10,12H2,1H3,(H,21,27). The Morgan fingerprint density at radius 3 is 2.73 bits per heavy atom. The molecule has 10 nitrogen and oxygen atoms in total. The van der Waals surface area contributed by atoms with E-state index in [1.165, 1.54) is 26.0 Å². The molecule has 10 heteroatoms. The molecule has 5 rings (SSSR count). The molecule has 4 heterocycles. The number of rotatable bonds is 5. The van der Waals surface area contributed by atoms with Crippen LogP contribution in [0.4, 0.5) is 0 Å². The maximum atomic E-state index is 12.7. The molecule has 160 valence electrons. The van der Waals surface area contributed by atoms with Gasteiger partial charge in [-0.25, -0.2) is 0 Å². The van der Waals surface area contributed by atoms with Gasteiger partial charge in [0.15, 0.2) is 0 Å². The zero-order valence-corrected chi connectivity index (χ0v) is 17.1. The van der Waals surface area contributed by atoms with Crippen LogP contribution in [0.15, 0.2) is 10.6 Å². The maximum absolute atomic E-state index is 12.7. The molecule has 0 aromatic carbocycles. The van der Waals surface area contributed by atoms with Crippen LogP contribution in [-0.4, -0.2) is 63.4 Å². The van der Waals surface area contributed by atoms with Crippen molar-refractivity contribution in [2.75, 3.05) is 26.7 Å². The highest BCUT2D eigenvalue weighted by atomic mass is 16.5. The van der Waals surface area contributed by atoms with Gasteiger partial charge in [0.05, 0.1) is 13.2 Å². The summed E-state index contributed by atoms with van der Waals surface area (Å²) < 4.78 is 12.1. The predicted molar refractivity (Wildman–Crippen MR) is 104 cm³/mol. The van der Waals surface area contributed by atoms with Crippen LogP contribution in [0, 0.1) is 5.92 Å². The fourth-order valence-corrected chi connectivity index (χ4v) is 4.62. The van der Waals surface area contributed by atoms with Crippen molar-refractivity contribution in [2.24, 2.45) is 5.92 Å². The molecule has 2 aliphatic heterocycles. The molecule has 0 bridgehead atoms. The van der Waals surface area contributed by atoms with Crippen LogP contribution in [0.25, 0.3) is 0 Å². The van der Waals surface area contributed by atoms with Crippen molar-refractivity contribution in [3.8, 4) is 5.88 Å². The number of piperidine rings is 1. The molecule has 1 saturated carbocycles. The number of hydrogen-bond acceptors (Lipinski definition) is 7. The Morgan fingerprint density at radius 2 is 2.03 bits per heavy atom. The minimum absolute atomic E-state index is 0.135. The highest BCUT2D eigenvalue weighted by molar-refractivity contribution is 5.92. The zero-order valence-electron chi connectivity index (χ0n) is 17.1. The second-order valence-electron chi connectivity index (χ2n) is 8.56. The first kappa shape index (κ1) is 19.1. The SMILES string of the molecule is COc1cc(C(=O)N2CCC3(CCCn4c(C(=O)NCC5CC5)nnc43)CC2)on1. The largest absolute Gasteiger partial charge is 0.479 e. The Morgan fingerprint density at radius 1 is 1.23 bits per heavy atom. The van der Waals surface area contributed by atoms with E-state index in [4.69, 9.17) is 9.26 Å². The van der Waals surface area contributed by atoms with Crippen LogP contribution in [0.1, 0.15) is 65.5 Å². The molecule has 0 unspecified atom stereocenters. The van der Waals surface area contributed by atoms with E-state index in [0.29, 0.717) is 30.7 Å². The Kier molecular flexibility index (Phi) is 4.71. The number of nitrogens with zero attached hydrogens (tertiary/aromatic N) is 5. The summed E-state index contributed by atoms with van der Waals surface area (Å²) in [7, 11) is 1.48. The first-order valence-corrected chi connectivity index (χ1v) is 10.6. The number of carbonyl (C=O) groups excluding carboxylic acids is 2. The molecule has 1 aliphatic carbocycles. The second-order valence-corrected chi connectivity index (χ2v) is 8.56. The van der Waals surface area contributed by atoms with Crippen molar-refractivity contribution in [2.45, 2.75) is 50.5 Å². The van der Waals surface area contributed by atoms with Crippen LogP contribution in [0.2, 0.25) is 0 Å². The van der Waals surface area contributed by atoms with Crippen molar-refractivity contribution in [1.82, 2.24) is 30.1 Å². The van der Waals surface area contributed by atoms with Crippen molar-refractivity contribution in [3.63, 3.8) is 0 Å². The Hall–Kier alpha value is -2.91. The minimum Gasteiger partial charge on any atom is -0.479 e. The van der Waals surface area contributed by atoms with E-state index >= 15 is 0 Å². The Bertz CT molecular complexity index is 954. The third-order valence-electron chi connectivity index (χ3n) is 6.63. The lowest BCUT2D eigenvalue weighted by molar-refractivity contribution is 0.0594. The third-order valence-corrected chi connectivity index (χ3v) is 6.63. The van der Waals surface area contributed by atoms with Gasteiger partial charge < -0.3 is 24.0 Å². The number of ether oxygens (including phenoxy) is 1. The predicted octanol–water partition coefficient (Wildman–Crippen LogP) is 1.38. The fraction of sp³-hybridized carbons (Fsp3) is 0.650. The molecule has 2 aromatic heterocycles. The second kappa shape index (κ2) is 7.41. The van der Waals surface area contributed by atoms with Crippen LogP contribution in [-0.2, 0) is 12.0 Å². The van der Waals surface area contributed by atoms with Gasteiger partial charge in [-0.3, -0.25) is 9.59 Å². The van der Waals surface area contributed by atoms with Gasteiger partial charge in [0, 0.05) is 31.6 Å². The summed E-state index contributed by atoms with van der Waals surface area (Å²) in [5, 5.41) is 15.4. The van der Waals surface area contributed by atoms with E-state index in [2.05, 4.69) is 20.7 Å². The summed E-state index contributed by atoms with van der Waals surface area (Å²) in [4.78, 5) is 27.1. The molecule has 3 aliphatic rings. The van der Waals surface area contributed by atoms with E-state index in [1.807, 2.05) is 4.57 Å². The van der Waals surface area contributed by atoms with Gasteiger partial charge in [-0.15, -0.1) is 10.2 Å². The Labute approximate surface area is 173 Å². The van der Waals surface area contributed by atoms with Gasteiger partial charge in [-0.05, 0) is 49.6 Å². The number of likely N-dealkylation sites (tertiary alicyclic amines) is 1. The van der Waals surface area contributed by atoms with Gasteiger partial charge in [0.25, 0.3) is 17.7 Å². The third kappa shape index (κ3) is 3.33. The van der Waals surface area contributed by atoms with Crippen LogP contribution in [0.5, 0.6) is 5.88 Å². The van der Waals surface area contributed by atoms with Gasteiger partial charge in [-0.2, -0.15) is 0 Å². The lowest BCUT2D eigenvalue weighted by Gasteiger charge is -2.43. The smallest absolute Gasteiger partial charge is 0.292 e. The Balaban J connectivity index is 1.29. The van der Waals surface area contributed by atoms with E-state index in [0.717, 1.165) is 44.6 Å². The normalized spacial score (nSPS) is 20.1. The molecule has 1 N–H and O–H groups in total. The molecule has 2 aromatic rings. The number of nitrogens with one attached hydrogen (secondary N) is 1. The summed E-state index contributed by atoms with van der Waals surface area (Å²) in [6, 6.07) is 1.51. The molecule has 1 spiro atoms. The van der Waals surface area contributed by atoms with Crippen molar-refractivity contribution in [3.05, 3.63) is 23.5 Å². The summed E-state index contributed by atoms with van der Waals surface area (Å²) in [6.07, 6.45) is 5.92. The van der Waals surface area contributed by atoms with Crippen molar-refractivity contribution in [1.29, 1.82) is 0 Å². The highest BCUT2D eigenvalue weighted by Gasteiger charge is 2.44. The average molecular weight is 414 g/mol. The lowest BCUT2D eigenvalue weighted by Crippen LogP contribution is -2.47. The van der Waals surface area contributed by atoms with Gasteiger partial charge in [-0.1, -0.05) is 0 Å². The van der Waals surface area contributed by atoms with Crippen molar-refractivity contribution < 1.29 is 18.8 Å². The molecule has 0 radical (unpaired) electrons. The molecule has 2 amide bonds. The van der Waals surface area contributed by atoms with Gasteiger partial charge in [0.1, 0.15) is 5.82 Å². The first-order valence-electron chi connectivity index (χ1n) is 10.6. The highest BCUT2D eigenvalue weighted by Crippen LogP contribution is 2.42. The summed E-state index contributed by atoms with van der Waals surface area (Å²) in [5.74, 6) is 2.08. The number of aromatic nitrogens is 4. The quantitative estimate of drug-likeness (QED) is 0.786. The summed E-state index contributed by atoms with van der Waals surface area (Å²) >= 11 is 0. The number of methoxy groups -OCH3 is 1. The van der Waals surface area contributed by atoms with Gasteiger partial charge in [0.2, 0.25) is 11.6 Å². The van der Waals surface area contributed by atoms with E-state index in [-0.39, 0.29) is 23.0 Å². The van der Waals surface area contributed by atoms with E-state index < -0.39 is 0 Å². The molecule has 2 fully saturated rings. The topological polar surface area (TPSA) is 115 Å². The molecular formula is C20H26N6O4. The monoisotopic (exact) mass is 414 g/mol. The fourth-order valence-electron chi connectivity index (χ4n) is 4.62. The first-order chi connectivity index (χ1) is 14.6. The van der Waals surface area contributed by atoms with Gasteiger partial charge >= 0.3 is 0 Å². The summed E-state index contributed by atoms with van der Waals surface area (Å²) in [5.41, 5.74) is -0.143. The zero-order chi connectivity index (χ0) is 20.7. The van der Waals surface area contributed by atoms with E-state index in [1.54, 1.807) is 4.90 Å². The van der Waals surface area contributed by atoms with Crippen LogP contribution < -0.4 is 10.1 Å². The number of amides is 2. The van der Waals surface area contributed by atoms with Crippen molar-refractivity contribution >= 4 is 11.8 Å². The van der Waals surface area contributed by atoms with Crippen LogP contribution >= 0.6 is 0 Å². The average Bonchev–Trinajstić information content (AvgIpc) is 3.29. The molecule has 30 heavy (non-hydrogen) atoms. The molecular weight excluding hydrogens is 388 g/mol. The molecule has 1 saturated heterocycles. The minimum atomic E-state index is -0.182. The number of carbonyl (C=O) groups is 2. The number of hydrogen-bond donors (Lipinski definition) is 1. The van der Waals surface area contributed by atoms with E-state index in [9.17, 15) is 9.59 Å². The van der Waals surface area contributed by atoms with Crippen LogP contribution in [0.3, 0.4) is 0 Å². The number of fused-ring (bicyclic) bond motifs is 2. The lowest BCUT2D eigenvalue weighted by atomic mass is 9.72.